The monoisotopic (exact) mass is 340 g/mol. The molecule has 1 atom stereocenters. The van der Waals surface area contributed by atoms with E-state index in [-0.39, 0.29) is 11.7 Å². The second-order valence-electron chi connectivity index (χ2n) is 5.76. The van der Waals surface area contributed by atoms with E-state index in [4.69, 9.17) is 0 Å². The smallest absolute Gasteiger partial charge is 0.240 e. The second kappa shape index (κ2) is 7.72. The average Bonchev–Trinajstić information content (AvgIpc) is 2.80. The van der Waals surface area contributed by atoms with Crippen LogP contribution in [-0.2, 0) is 14.6 Å². The zero-order valence-corrected chi connectivity index (χ0v) is 14.5. The van der Waals surface area contributed by atoms with Crippen LogP contribution >= 0.6 is 0 Å². The molecule has 1 fully saturated rings. The quantitative estimate of drug-likeness (QED) is 0.786. The van der Waals surface area contributed by atoms with Crippen molar-refractivity contribution in [1.82, 2.24) is 15.1 Å². The summed E-state index contributed by atoms with van der Waals surface area (Å²) in [5, 5.41) is 7.00. The third-order valence-corrected chi connectivity index (χ3v) is 6.32. The van der Waals surface area contributed by atoms with Gasteiger partial charge in [-0.25, -0.2) is 8.42 Å². The molecule has 128 valence electrons. The van der Waals surface area contributed by atoms with E-state index in [1.165, 1.54) is 6.92 Å². The van der Waals surface area contributed by atoms with Crippen LogP contribution in [0, 0.1) is 0 Å². The number of hydrogen-bond acceptors (Lipinski definition) is 6. The molecule has 0 radical (unpaired) electrons. The lowest BCUT2D eigenvalue weighted by Crippen LogP contribution is -2.44. The molecule has 8 heteroatoms. The maximum atomic E-state index is 12.5. The van der Waals surface area contributed by atoms with Crippen molar-refractivity contribution in [3.8, 4) is 0 Å². The molecule has 1 aliphatic rings. The Kier molecular flexibility index (Phi) is 5.92. The SMILES string of the molecule is CCCS(=O)(=O)C(C)C(=O)N1CCCN(c2cccnn2)CC1. The highest BCUT2D eigenvalue weighted by Gasteiger charge is 2.31. The lowest BCUT2D eigenvalue weighted by atomic mass is 10.3. The first-order chi connectivity index (χ1) is 11.0. The van der Waals surface area contributed by atoms with E-state index in [1.54, 1.807) is 18.0 Å². The molecule has 7 nitrogen and oxygen atoms in total. The average molecular weight is 340 g/mol. The van der Waals surface area contributed by atoms with Crippen LogP contribution in [0.4, 0.5) is 5.82 Å². The van der Waals surface area contributed by atoms with Crippen molar-refractivity contribution >= 4 is 21.6 Å². The van der Waals surface area contributed by atoms with Crippen LogP contribution in [0.1, 0.15) is 26.7 Å². The van der Waals surface area contributed by atoms with Gasteiger partial charge in [0, 0.05) is 32.4 Å². The van der Waals surface area contributed by atoms with Crippen LogP contribution in [0.15, 0.2) is 18.3 Å². The van der Waals surface area contributed by atoms with E-state index in [9.17, 15) is 13.2 Å². The molecule has 23 heavy (non-hydrogen) atoms. The number of sulfone groups is 1. The largest absolute Gasteiger partial charge is 0.353 e. The Hall–Kier alpha value is -1.70. The molecule has 2 rings (SSSR count). The van der Waals surface area contributed by atoms with Crippen LogP contribution in [0.5, 0.6) is 0 Å². The molecule has 0 N–H and O–H groups in total. The van der Waals surface area contributed by atoms with Gasteiger partial charge in [-0.15, -0.1) is 5.10 Å². The van der Waals surface area contributed by atoms with Gasteiger partial charge in [-0.3, -0.25) is 4.79 Å². The molecular weight excluding hydrogens is 316 g/mol. The van der Waals surface area contributed by atoms with Crippen molar-refractivity contribution in [2.75, 3.05) is 36.8 Å². The van der Waals surface area contributed by atoms with Crippen LogP contribution in [0.3, 0.4) is 0 Å². The van der Waals surface area contributed by atoms with Gasteiger partial charge in [-0.05, 0) is 31.9 Å². The number of amides is 1. The fourth-order valence-electron chi connectivity index (χ4n) is 2.70. The van der Waals surface area contributed by atoms with Crippen LogP contribution in [-0.4, -0.2) is 66.6 Å². The van der Waals surface area contributed by atoms with Gasteiger partial charge in [0.15, 0.2) is 15.7 Å². The van der Waals surface area contributed by atoms with Crippen molar-refractivity contribution in [3.63, 3.8) is 0 Å². The lowest BCUT2D eigenvalue weighted by Gasteiger charge is -2.24. The summed E-state index contributed by atoms with van der Waals surface area (Å²) in [4.78, 5) is 16.3. The Labute approximate surface area is 137 Å². The van der Waals surface area contributed by atoms with E-state index < -0.39 is 15.1 Å². The number of aromatic nitrogens is 2. The predicted molar refractivity (Wildman–Crippen MR) is 89.0 cm³/mol. The highest BCUT2D eigenvalue weighted by atomic mass is 32.2. The van der Waals surface area contributed by atoms with Crippen LogP contribution < -0.4 is 4.90 Å². The second-order valence-corrected chi connectivity index (χ2v) is 8.20. The fraction of sp³-hybridized carbons (Fsp3) is 0.667. The van der Waals surface area contributed by atoms with E-state index >= 15 is 0 Å². The molecule has 1 amide bonds. The molecule has 2 heterocycles. The molecule has 1 unspecified atom stereocenters. The number of nitrogens with zero attached hydrogens (tertiary/aromatic N) is 4. The van der Waals surface area contributed by atoms with E-state index in [0.29, 0.717) is 26.1 Å². The molecule has 0 spiro atoms. The number of carbonyl (C=O) groups excluding carboxylic acids is 1. The topological polar surface area (TPSA) is 83.5 Å². The molecule has 0 aliphatic carbocycles. The third kappa shape index (κ3) is 4.40. The van der Waals surface area contributed by atoms with E-state index in [2.05, 4.69) is 15.1 Å². The molecule has 0 bridgehead atoms. The molecule has 0 aromatic carbocycles. The van der Waals surface area contributed by atoms with E-state index in [1.807, 2.05) is 12.1 Å². The van der Waals surface area contributed by atoms with Gasteiger partial charge in [0.05, 0.1) is 5.75 Å². The van der Waals surface area contributed by atoms with Crippen molar-refractivity contribution < 1.29 is 13.2 Å². The third-order valence-electron chi connectivity index (χ3n) is 4.06. The summed E-state index contributed by atoms with van der Waals surface area (Å²) in [7, 11) is -3.36. The Morgan fingerprint density at radius 3 is 2.74 bits per heavy atom. The number of hydrogen-bond donors (Lipinski definition) is 0. The molecule has 1 aromatic rings. The first-order valence-corrected chi connectivity index (χ1v) is 9.70. The zero-order valence-electron chi connectivity index (χ0n) is 13.7. The highest BCUT2D eigenvalue weighted by Crippen LogP contribution is 2.14. The Morgan fingerprint density at radius 1 is 1.30 bits per heavy atom. The van der Waals surface area contributed by atoms with Crippen LogP contribution in [0.2, 0.25) is 0 Å². The van der Waals surface area contributed by atoms with Gasteiger partial charge in [-0.2, -0.15) is 5.10 Å². The summed E-state index contributed by atoms with van der Waals surface area (Å²) >= 11 is 0. The highest BCUT2D eigenvalue weighted by molar-refractivity contribution is 7.92. The summed E-state index contributed by atoms with van der Waals surface area (Å²) < 4.78 is 24.2. The van der Waals surface area contributed by atoms with Gasteiger partial charge in [-0.1, -0.05) is 6.92 Å². The molecule has 0 saturated carbocycles. The minimum Gasteiger partial charge on any atom is -0.353 e. The number of carbonyl (C=O) groups is 1. The molecule has 1 aromatic heterocycles. The standard InChI is InChI=1S/C15H24N4O3S/c1-3-12-23(21,22)13(2)15(20)19-9-5-8-18(10-11-19)14-6-4-7-16-17-14/h4,6-7,13H,3,5,8-12H2,1-2H3. The first kappa shape index (κ1) is 17.7. The number of rotatable bonds is 5. The maximum absolute atomic E-state index is 12.5. The van der Waals surface area contributed by atoms with Gasteiger partial charge in [0.2, 0.25) is 5.91 Å². The zero-order chi connectivity index (χ0) is 16.9. The summed E-state index contributed by atoms with van der Waals surface area (Å²) in [6.45, 7) is 5.78. The minimum atomic E-state index is -3.36. The van der Waals surface area contributed by atoms with Gasteiger partial charge in [0.1, 0.15) is 5.25 Å². The summed E-state index contributed by atoms with van der Waals surface area (Å²) in [6, 6.07) is 3.72. The van der Waals surface area contributed by atoms with Gasteiger partial charge in [0.25, 0.3) is 0 Å². The van der Waals surface area contributed by atoms with Crippen molar-refractivity contribution in [3.05, 3.63) is 18.3 Å². The normalized spacial score (nSPS) is 17.7. The van der Waals surface area contributed by atoms with Crippen molar-refractivity contribution in [2.45, 2.75) is 31.9 Å². The number of anilines is 1. The Bertz CT molecular complexity index is 621. The van der Waals surface area contributed by atoms with Crippen molar-refractivity contribution in [2.24, 2.45) is 0 Å². The first-order valence-electron chi connectivity index (χ1n) is 7.98. The summed E-state index contributed by atoms with van der Waals surface area (Å²) in [5.41, 5.74) is 0. The van der Waals surface area contributed by atoms with Gasteiger partial charge < -0.3 is 9.80 Å². The molecular formula is C15H24N4O3S. The molecule has 1 aliphatic heterocycles. The summed E-state index contributed by atoms with van der Waals surface area (Å²) in [5.74, 6) is 0.548. The van der Waals surface area contributed by atoms with Crippen LogP contribution in [0.25, 0.3) is 0 Å². The lowest BCUT2D eigenvalue weighted by molar-refractivity contribution is -0.130. The predicted octanol–water partition coefficient (Wildman–Crippen LogP) is 0.729. The molecule has 1 saturated heterocycles. The maximum Gasteiger partial charge on any atom is 0.240 e. The summed E-state index contributed by atoms with van der Waals surface area (Å²) in [6.07, 6.45) is 2.93. The Morgan fingerprint density at radius 2 is 2.09 bits per heavy atom. The van der Waals surface area contributed by atoms with E-state index in [0.717, 1.165) is 18.8 Å². The fourth-order valence-corrected chi connectivity index (χ4v) is 4.08. The minimum absolute atomic E-state index is 0.0550. The Balaban J connectivity index is 2.01. The van der Waals surface area contributed by atoms with Crippen molar-refractivity contribution in [1.29, 1.82) is 0 Å². The van der Waals surface area contributed by atoms with Gasteiger partial charge >= 0.3 is 0 Å².